The Bertz CT molecular complexity index is 949. The fraction of sp³-hybridized carbons (Fsp3) is 0.211. The van der Waals surface area contributed by atoms with Crippen molar-refractivity contribution in [1.82, 2.24) is 10.3 Å². The van der Waals surface area contributed by atoms with Crippen LogP contribution in [-0.2, 0) is 11.3 Å². The van der Waals surface area contributed by atoms with Crippen molar-refractivity contribution in [3.8, 4) is 11.8 Å². The van der Waals surface area contributed by atoms with Gasteiger partial charge in [-0.05, 0) is 42.6 Å². The summed E-state index contributed by atoms with van der Waals surface area (Å²) in [5, 5.41) is 15.7. The van der Waals surface area contributed by atoms with Crippen molar-refractivity contribution in [1.29, 1.82) is 5.26 Å². The minimum Gasteiger partial charge on any atom is -0.494 e. The van der Waals surface area contributed by atoms with E-state index in [1.54, 1.807) is 17.4 Å². The van der Waals surface area contributed by atoms with Crippen molar-refractivity contribution in [2.75, 3.05) is 12.4 Å². The average Bonchev–Trinajstić information content (AvgIpc) is 3.17. The maximum Gasteiger partial charge on any atom is 0.230 e. The number of amides is 1. The number of nitrogens with one attached hydrogen (secondary N) is 1. The number of thiophene rings is 1. The first kappa shape index (κ1) is 18.2. The molecule has 0 fully saturated rings. The van der Waals surface area contributed by atoms with E-state index in [4.69, 9.17) is 4.74 Å². The number of hydrogen-bond donors (Lipinski definition) is 1. The van der Waals surface area contributed by atoms with Gasteiger partial charge in [-0.25, -0.2) is 4.98 Å². The molecule has 0 aliphatic rings. The lowest BCUT2D eigenvalue weighted by atomic mass is 10.1. The van der Waals surface area contributed by atoms with Crippen LogP contribution in [0.4, 0.5) is 0 Å². The molecule has 132 valence electrons. The first-order valence-electron chi connectivity index (χ1n) is 8.09. The number of carbonyl (C=O) groups is 1. The van der Waals surface area contributed by atoms with Crippen molar-refractivity contribution in [3.05, 3.63) is 52.2 Å². The zero-order chi connectivity index (χ0) is 18.4. The molecule has 26 heavy (non-hydrogen) atoms. The van der Waals surface area contributed by atoms with Gasteiger partial charge >= 0.3 is 0 Å². The molecule has 0 bridgehead atoms. The summed E-state index contributed by atoms with van der Waals surface area (Å²) < 4.78 is 5.49. The zero-order valence-corrected chi connectivity index (χ0v) is 15.8. The van der Waals surface area contributed by atoms with Crippen LogP contribution in [0.2, 0.25) is 0 Å². The predicted molar refractivity (Wildman–Crippen MR) is 105 cm³/mol. The average molecular weight is 383 g/mol. The van der Waals surface area contributed by atoms with Crippen molar-refractivity contribution < 1.29 is 9.53 Å². The van der Waals surface area contributed by atoms with Crippen LogP contribution in [0.25, 0.3) is 10.9 Å². The Balaban J connectivity index is 1.69. The Morgan fingerprint density at radius 2 is 2.27 bits per heavy atom. The van der Waals surface area contributed by atoms with Crippen molar-refractivity contribution in [3.63, 3.8) is 0 Å². The predicted octanol–water partition coefficient (Wildman–Crippen LogP) is 3.98. The van der Waals surface area contributed by atoms with E-state index in [0.29, 0.717) is 23.7 Å². The van der Waals surface area contributed by atoms with Gasteiger partial charge in [-0.1, -0.05) is 17.8 Å². The van der Waals surface area contributed by atoms with E-state index in [9.17, 15) is 10.1 Å². The fourth-order valence-corrected chi connectivity index (χ4v) is 3.80. The summed E-state index contributed by atoms with van der Waals surface area (Å²) in [4.78, 5) is 17.7. The second kappa shape index (κ2) is 8.70. The molecule has 0 spiro atoms. The Kier molecular flexibility index (Phi) is 6.10. The molecule has 3 rings (SSSR count). The zero-order valence-electron chi connectivity index (χ0n) is 14.2. The highest BCUT2D eigenvalue weighted by Gasteiger charge is 2.11. The lowest BCUT2D eigenvalue weighted by molar-refractivity contribution is -0.118. The van der Waals surface area contributed by atoms with Crippen LogP contribution in [-0.4, -0.2) is 23.3 Å². The topological polar surface area (TPSA) is 75.0 Å². The molecule has 1 amide bonds. The highest BCUT2D eigenvalue weighted by molar-refractivity contribution is 8.00. The van der Waals surface area contributed by atoms with Crippen LogP contribution in [0, 0.1) is 11.3 Å². The van der Waals surface area contributed by atoms with Gasteiger partial charge in [0, 0.05) is 10.3 Å². The molecule has 2 heterocycles. The molecule has 1 aromatic carbocycles. The molecule has 1 N–H and O–H groups in total. The van der Waals surface area contributed by atoms with Gasteiger partial charge in [-0.3, -0.25) is 4.79 Å². The summed E-state index contributed by atoms with van der Waals surface area (Å²) in [7, 11) is 0. The number of benzene rings is 1. The molecule has 3 aromatic rings. The third-order valence-electron chi connectivity index (χ3n) is 3.56. The van der Waals surface area contributed by atoms with E-state index in [-0.39, 0.29) is 11.7 Å². The van der Waals surface area contributed by atoms with Gasteiger partial charge in [0.1, 0.15) is 16.8 Å². The van der Waals surface area contributed by atoms with Gasteiger partial charge in [0.15, 0.2) is 0 Å². The summed E-state index contributed by atoms with van der Waals surface area (Å²) in [5.74, 6) is 0.884. The van der Waals surface area contributed by atoms with Crippen LogP contribution >= 0.6 is 23.1 Å². The normalized spacial score (nSPS) is 10.5. The second-order valence-electron chi connectivity index (χ2n) is 5.39. The highest BCUT2D eigenvalue weighted by Crippen LogP contribution is 2.27. The Labute approximate surface area is 160 Å². The van der Waals surface area contributed by atoms with E-state index in [2.05, 4.69) is 16.4 Å². The van der Waals surface area contributed by atoms with Crippen molar-refractivity contribution >= 4 is 39.9 Å². The molecule has 0 atom stereocenters. The molecule has 0 aliphatic carbocycles. The standard InChI is InChI=1S/C19H17N3O2S2/c1-2-24-15-5-6-17-13(9-15)8-14(10-20)19(22-17)26-12-18(23)21-11-16-4-3-7-25-16/h3-9H,2,11-12H2,1H3,(H,21,23). The number of fused-ring (bicyclic) bond motifs is 1. The second-order valence-corrected chi connectivity index (χ2v) is 7.38. The number of hydrogen-bond acceptors (Lipinski definition) is 6. The van der Waals surface area contributed by atoms with Crippen LogP contribution < -0.4 is 10.1 Å². The van der Waals surface area contributed by atoms with Crippen LogP contribution in [0.5, 0.6) is 5.75 Å². The van der Waals surface area contributed by atoms with Gasteiger partial charge in [0.25, 0.3) is 0 Å². The number of rotatable bonds is 7. The lowest BCUT2D eigenvalue weighted by Crippen LogP contribution is -2.24. The minimum absolute atomic E-state index is 0.0825. The largest absolute Gasteiger partial charge is 0.494 e. The summed E-state index contributed by atoms with van der Waals surface area (Å²) >= 11 is 2.88. The van der Waals surface area contributed by atoms with Crippen molar-refractivity contribution in [2.45, 2.75) is 18.5 Å². The van der Waals surface area contributed by atoms with Crippen molar-refractivity contribution in [2.24, 2.45) is 0 Å². The number of nitriles is 1. The van der Waals surface area contributed by atoms with E-state index in [1.165, 1.54) is 11.8 Å². The molecule has 2 aromatic heterocycles. The highest BCUT2D eigenvalue weighted by atomic mass is 32.2. The number of carbonyl (C=O) groups excluding carboxylic acids is 1. The molecule has 7 heteroatoms. The third kappa shape index (κ3) is 4.54. The van der Waals surface area contributed by atoms with Gasteiger partial charge in [-0.2, -0.15) is 5.26 Å². The Hall–Kier alpha value is -2.56. The fourth-order valence-electron chi connectivity index (χ4n) is 2.37. The van der Waals surface area contributed by atoms with E-state index < -0.39 is 0 Å². The summed E-state index contributed by atoms with van der Waals surface area (Å²) in [6.45, 7) is 3.03. The SMILES string of the molecule is CCOc1ccc2nc(SCC(=O)NCc3cccs3)c(C#N)cc2c1. The summed E-state index contributed by atoms with van der Waals surface area (Å²) in [6, 6.07) is 13.5. The Morgan fingerprint density at radius 1 is 1.38 bits per heavy atom. The molecule has 0 unspecified atom stereocenters. The van der Waals surface area contributed by atoms with Gasteiger partial charge in [0.2, 0.25) is 5.91 Å². The Morgan fingerprint density at radius 3 is 3.00 bits per heavy atom. The quantitative estimate of drug-likeness (QED) is 0.625. The third-order valence-corrected chi connectivity index (χ3v) is 5.43. The number of aromatic nitrogens is 1. The first-order valence-corrected chi connectivity index (χ1v) is 9.95. The number of pyridine rings is 1. The van der Waals surface area contributed by atoms with Gasteiger partial charge < -0.3 is 10.1 Å². The maximum atomic E-state index is 12.0. The first-order chi connectivity index (χ1) is 12.7. The number of ether oxygens (including phenoxy) is 1. The van der Waals surface area contributed by atoms with Crippen LogP contribution in [0.3, 0.4) is 0 Å². The van der Waals surface area contributed by atoms with Crippen LogP contribution in [0.1, 0.15) is 17.4 Å². The molecular weight excluding hydrogens is 366 g/mol. The van der Waals surface area contributed by atoms with Gasteiger partial charge in [-0.15, -0.1) is 11.3 Å². The lowest BCUT2D eigenvalue weighted by Gasteiger charge is -2.08. The molecule has 5 nitrogen and oxygen atoms in total. The van der Waals surface area contributed by atoms with Crippen LogP contribution in [0.15, 0.2) is 46.8 Å². The van der Waals surface area contributed by atoms with Gasteiger partial charge in [0.05, 0.1) is 30.0 Å². The monoisotopic (exact) mass is 383 g/mol. The summed E-state index contributed by atoms with van der Waals surface area (Å²) in [5.41, 5.74) is 1.23. The molecule has 0 radical (unpaired) electrons. The molecular formula is C19H17N3O2S2. The molecule has 0 aliphatic heterocycles. The molecule has 0 saturated heterocycles. The minimum atomic E-state index is -0.0825. The van der Waals surface area contributed by atoms with E-state index in [1.807, 2.05) is 42.6 Å². The molecule has 0 saturated carbocycles. The van der Waals surface area contributed by atoms with E-state index in [0.717, 1.165) is 21.5 Å². The summed E-state index contributed by atoms with van der Waals surface area (Å²) in [6.07, 6.45) is 0. The number of nitrogens with zero attached hydrogens (tertiary/aromatic N) is 2. The smallest absolute Gasteiger partial charge is 0.230 e. The number of thioether (sulfide) groups is 1. The van der Waals surface area contributed by atoms with E-state index >= 15 is 0 Å². The maximum absolute atomic E-state index is 12.0.